The van der Waals surface area contributed by atoms with Gasteiger partial charge in [-0.3, -0.25) is 4.79 Å². The smallest absolute Gasteiger partial charge is 0.270 e. The molecule has 2 heterocycles. The molecule has 0 saturated carbocycles. The number of aromatic amines is 1. The highest BCUT2D eigenvalue weighted by molar-refractivity contribution is 5.92. The minimum atomic E-state index is -0.605. The van der Waals surface area contributed by atoms with Gasteiger partial charge in [0, 0.05) is 19.3 Å². The molecule has 4 nitrogen and oxygen atoms in total. The van der Waals surface area contributed by atoms with Crippen LogP contribution in [0.2, 0.25) is 0 Å². The summed E-state index contributed by atoms with van der Waals surface area (Å²) >= 11 is 0. The average Bonchev–Trinajstić information content (AvgIpc) is 2.69. The SMILES string of the molecule is CC1(O)CCN(C(=O)c2ccc[nH]2)CC1. The molecule has 2 rings (SSSR count). The van der Waals surface area contributed by atoms with E-state index in [4.69, 9.17) is 0 Å². The van der Waals surface area contributed by atoms with Crippen LogP contribution in [0.1, 0.15) is 30.3 Å². The number of aliphatic hydroxyl groups is 1. The van der Waals surface area contributed by atoms with Crippen molar-refractivity contribution >= 4 is 5.91 Å². The summed E-state index contributed by atoms with van der Waals surface area (Å²) in [5, 5.41) is 9.76. The summed E-state index contributed by atoms with van der Waals surface area (Å²) in [6, 6.07) is 3.59. The van der Waals surface area contributed by atoms with Gasteiger partial charge in [0.15, 0.2) is 0 Å². The summed E-state index contributed by atoms with van der Waals surface area (Å²) in [4.78, 5) is 16.6. The van der Waals surface area contributed by atoms with Crippen LogP contribution in [-0.4, -0.2) is 39.6 Å². The molecule has 15 heavy (non-hydrogen) atoms. The Bertz CT molecular complexity index is 333. The maximum atomic E-state index is 11.9. The first-order chi connectivity index (χ1) is 7.08. The summed E-state index contributed by atoms with van der Waals surface area (Å²) in [5.41, 5.74) is 0.0172. The zero-order chi connectivity index (χ0) is 10.9. The fourth-order valence-electron chi connectivity index (χ4n) is 1.83. The van der Waals surface area contributed by atoms with E-state index in [1.165, 1.54) is 0 Å². The number of amides is 1. The van der Waals surface area contributed by atoms with Crippen LogP contribution in [0.5, 0.6) is 0 Å². The van der Waals surface area contributed by atoms with E-state index in [2.05, 4.69) is 4.98 Å². The number of nitrogens with one attached hydrogen (secondary N) is 1. The van der Waals surface area contributed by atoms with E-state index in [1.807, 2.05) is 13.0 Å². The van der Waals surface area contributed by atoms with Crippen molar-refractivity contribution in [2.24, 2.45) is 0 Å². The number of likely N-dealkylation sites (tertiary alicyclic amines) is 1. The molecule has 1 saturated heterocycles. The fraction of sp³-hybridized carbons (Fsp3) is 0.545. The Hall–Kier alpha value is -1.29. The third kappa shape index (κ3) is 2.21. The topological polar surface area (TPSA) is 56.3 Å². The van der Waals surface area contributed by atoms with Gasteiger partial charge in [-0.05, 0) is 31.9 Å². The van der Waals surface area contributed by atoms with Crippen molar-refractivity contribution in [1.29, 1.82) is 0 Å². The molecule has 1 aromatic rings. The summed E-state index contributed by atoms with van der Waals surface area (Å²) in [6.45, 7) is 3.08. The molecule has 0 unspecified atom stereocenters. The fourth-order valence-corrected chi connectivity index (χ4v) is 1.83. The van der Waals surface area contributed by atoms with E-state index in [9.17, 15) is 9.90 Å². The van der Waals surface area contributed by atoms with Crippen molar-refractivity contribution in [1.82, 2.24) is 9.88 Å². The van der Waals surface area contributed by atoms with E-state index in [0.29, 0.717) is 31.6 Å². The number of carbonyl (C=O) groups excluding carboxylic acids is 1. The van der Waals surface area contributed by atoms with Crippen LogP contribution < -0.4 is 0 Å². The second-order valence-electron chi connectivity index (χ2n) is 4.37. The van der Waals surface area contributed by atoms with Crippen LogP contribution in [0.15, 0.2) is 18.3 Å². The summed E-state index contributed by atoms with van der Waals surface area (Å²) in [6.07, 6.45) is 3.05. The Kier molecular flexibility index (Phi) is 2.52. The van der Waals surface area contributed by atoms with Gasteiger partial charge in [-0.15, -0.1) is 0 Å². The van der Waals surface area contributed by atoms with Crippen molar-refractivity contribution in [2.45, 2.75) is 25.4 Å². The maximum absolute atomic E-state index is 11.9. The van der Waals surface area contributed by atoms with Gasteiger partial charge in [-0.25, -0.2) is 0 Å². The zero-order valence-corrected chi connectivity index (χ0v) is 8.86. The highest BCUT2D eigenvalue weighted by Crippen LogP contribution is 2.21. The predicted molar refractivity (Wildman–Crippen MR) is 56.6 cm³/mol. The Morgan fingerprint density at radius 2 is 2.20 bits per heavy atom. The number of carbonyl (C=O) groups is 1. The standard InChI is InChI=1S/C11H16N2O2/c1-11(15)4-7-13(8-5-11)10(14)9-3-2-6-12-9/h2-3,6,12,15H,4-5,7-8H2,1H3. The van der Waals surface area contributed by atoms with Crippen molar-refractivity contribution < 1.29 is 9.90 Å². The van der Waals surface area contributed by atoms with Crippen molar-refractivity contribution in [2.75, 3.05) is 13.1 Å². The van der Waals surface area contributed by atoms with E-state index in [-0.39, 0.29) is 5.91 Å². The highest BCUT2D eigenvalue weighted by atomic mass is 16.3. The molecule has 0 radical (unpaired) electrons. The van der Waals surface area contributed by atoms with E-state index in [0.717, 1.165) is 0 Å². The molecule has 1 amide bonds. The molecular weight excluding hydrogens is 192 g/mol. The van der Waals surface area contributed by atoms with Crippen LogP contribution in [0.4, 0.5) is 0 Å². The van der Waals surface area contributed by atoms with E-state index >= 15 is 0 Å². The molecule has 0 aromatic carbocycles. The van der Waals surface area contributed by atoms with E-state index < -0.39 is 5.60 Å². The van der Waals surface area contributed by atoms with Crippen molar-refractivity contribution in [3.05, 3.63) is 24.0 Å². The highest BCUT2D eigenvalue weighted by Gasteiger charge is 2.30. The predicted octanol–water partition coefficient (Wildman–Crippen LogP) is 1.00. The first-order valence-electron chi connectivity index (χ1n) is 5.23. The van der Waals surface area contributed by atoms with Gasteiger partial charge in [0.25, 0.3) is 5.91 Å². The lowest BCUT2D eigenvalue weighted by molar-refractivity contribution is -0.00217. The normalized spacial score (nSPS) is 20.3. The first-order valence-corrected chi connectivity index (χ1v) is 5.23. The van der Waals surface area contributed by atoms with Crippen molar-refractivity contribution in [3.63, 3.8) is 0 Å². The summed E-state index contributed by atoms with van der Waals surface area (Å²) in [5.74, 6) is 0.0236. The van der Waals surface area contributed by atoms with Crippen molar-refractivity contribution in [3.8, 4) is 0 Å². The van der Waals surface area contributed by atoms with Crippen LogP contribution >= 0.6 is 0 Å². The first kappa shape index (κ1) is 10.2. The van der Waals surface area contributed by atoms with Gasteiger partial charge >= 0.3 is 0 Å². The van der Waals surface area contributed by atoms with Crippen LogP contribution in [0.25, 0.3) is 0 Å². The molecule has 0 atom stereocenters. The third-order valence-corrected chi connectivity index (χ3v) is 2.96. The number of rotatable bonds is 1. The molecule has 1 fully saturated rings. The number of nitrogens with zero attached hydrogens (tertiary/aromatic N) is 1. The lowest BCUT2D eigenvalue weighted by atomic mass is 9.94. The molecule has 82 valence electrons. The Balaban J connectivity index is 2.00. The molecule has 2 N–H and O–H groups in total. The molecule has 0 bridgehead atoms. The summed E-state index contributed by atoms with van der Waals surface area (Å²) in [7, 11) is 0. The van der Waals surface area contributed by atoms with Gasteiger partial charge < -0.3 is 15.0 Å². The number of H-pyrrole nitrogens is 1. The number of hydrogen-bond donors (Lipinski definition) is 2. The second-order valence-corrected chi connectivity index (χ2v) is 4.37. The second kappa shape index (κ2) is 3.70. The van der Waals surface area contributed by atoms with Crippen LogP contribution in [0, 0.1) is 0 Å². The lowest BCUT2D eigenvalue weighted by Gasteiger charge is -2.35. The zero-order valence-electron chi connectivity index (χ0n) is 8.86. The van der Waals surface area contributed by atoms with Gasteiger partial charge in [0.2, 0.25) is 0 Å². The van der Waals surface area contributed by atoms with Gasteiger partial charge in [0.1, 0.15) is 5.69 Å². The minimum absolute atomic E-state index is 0.0236. The molecular formula is C11H16N2O2. The number of piperidine rings is 1. The van der Waals surface area contributed by atoms with Gasteiger partial charge in [0.05, 0.1) is 5.60 Å². The lowest BCUT2D eigenvalue weighted by Crippen LogP contribution is -2.45. The van der Waals surface area contributed by atoms with Gasteiger partial charge in [-0.2, -0.15) is 0 Å². The Labute approximate surface area is 88.9 Å². The van der Waals surface area contributed by atoms with Crippen LogP contribution in [-0.2, 0) is 0 Å². The Morgan fingerprint density at radius 1 is 1.53 bits per heavy atom. The third-order valence-electron chi connectivity index (χ3n) is 2.96. The minimum Gasteiger partial charge on any atom is -0.390 e. The monoisotopic (exact) mass is 208 g/mol. The summed E-state index contributed by atoms with van der Waals surface area (Å²) < 4.78 is 0. The number of hydrogen-bond acceptors (Lipinski definition) is 2. The molecule has 0 spiro atoms. The molecule has 1 aliphatic rings. The maximum Gasteiger partial charge on any atom is 0.270 e. The Morgan fingerprint density at radius 3 is 2.73 bits per heavy atom. The van der Waals surface area contributed by atoms with Crippen LogP contribution in [0.3, 0.4) is 0 Å². The quantitative estimate of drug-likeness (QED) is 0.723. The van der Waals surface area contributed by atoms with Gasteiger partial charge in [-0.1, -0.05) is 0 Å². The molecule has 1 aromatic heterocycles. The molecule has 0 aliphatic carbocycles. The van der Waals surface area contributed by atoms with E-state index in [1.54, 1.807) is 17.2 Å². The molecule has 4 heteroatoms. The molecule has 1 aliphatic heterocycles. The average molecular weight is 208 g/mol. The largest absolute Gasteiger partial charge is 0.390 e. The number of aromatic nitrogens is 1.